The van der Waals surface area contributed by atoms with Gasteiger partial charge in [-0.15, -0.1) is 0 Å². The molecule has 0 spiro atoms. The molecule has 0 aliphatic carbocycles. The number of aryl methyl sites for hydroxylation is 2. The highest BCUT2D eigenvalue weighted by atomic mass is 32.2. The summed E-state index contributed by atoms with van der Waals surface area (Å²) in [6.45, 7) is 7.68. The van der Waals surface area contributed by atoms with Crippen molar-refractivity contribution in [3.05, 3.63) is 64.8 Å². The summed E-state index contributed by atoms with van der Waals surface area (Å²) in [5.41, 5.74) is 5.15. The zero-order valence-electron chi connectivity index (χ0n) is 22.5. The Morgan fingerprint density at radius 1 is 1.00 bits per heavy atom. The minimum absolute atomic E-state index is 0.0509. The molecule has 3 aromatic rings. The van der Waals surface area contributed by atoms with Gasteiger partial charge in [0.2, 0.25) is 5.91 Å². The molecule has 8 heteroatoms. The van der Waals surface area contributed by atoms with Crippen LogP contribution in [0.3, 0.4) is 0 Å². The van der Waals surface area contributed by atoms with Gasteiger partial charge in [-0.3, -0.25) is 14.7 Å². The monoisotopic (exact) mass is 533 g/mol. The van der Waals surface area contributed by atoms with Crippen LogP contribution in [0, 0.1) is 13.8 Å². The van der Waals surface area contributed by atoms with Gasteiger partial charge in [-0.25, -0.2) is 0 Å². The molecule has 2 aromatic carbocycles. The Labute approximate surface area is 229 Å². The number of nitrogens with one attached hydrogen (secondary N) is 2. The lowest BCUT2D eigenvalue weighted by Crippen LogP contribution is -2.51. The number of nitrogens with zero attached hydrogens (tertiary/aromatic N) is 3. The highest BCUT2D eigenvalue weighted by Gasteiger charge is 2.31. The summed E-state index contributed by atoms with van der Waals surface area (Å²) < 4.78 is 0. The maximum Gasteiger partial charge on any atom is 0.272 e. The lowest BCUT2D eigenvalue weighted by atomic mass is 9.97. The number of hydrogen-bond acceptors (Lipinski definition) is 5. The molecule has 2 aliphatic rings. The van der Waals surface area contributed by atoms with Crippen LogP contribution in [0.2, 0.25) is 0 Å². The van der Waals surface area contributed by atoms with E-state index in [1.165, 1.54) is 11.1 Å². The lowest BCUT2D eigenvalue weighted by Gasteiger charge is -2.41. The molecule has 0 bridgehead atoms. The van der Waals surface area contributed by atoms with E-state index in [1.54, 1.807) is 0 Å². The molecule has 3 heterocycles. The van der Waals surface area contributed by atoms with Crippen molar-refractivity contribution < 1.29 is 9.59 Å². The van der Waals surface area contributed by atoms with E-state index < -0.39 is 0 Å². The predicted octanol–water partition coefficient (Wildman–Crippen LogP) is 4.69. The fraction of sp³-hybridized carbons (Fsp3) is 0.500. The average Bonchev–Trinajstić information content (AvgIpc) is 3.38. The summed E-state index contributed by atoms with van der Waals surface area (Å²) in [6.07, 6.45) is 4.56. The molecule has 202 valence electrons. The molecule has 2 fully saturated rings. The molecule has 2 amide bonds. The van der Waals surface area contributed by atoms with Gasteiger partial charge in [0.05, 0.1) is 5.52 Å². The number of likely N-dealkylation sites (tertiary alicyclic amines) is 2. The van der Waals surface area contributed by atoms with Crippen LogP contribution in [0.15, 0.2) is 42.5 Å². The van der Waals surface area contributed by atoms with Crippen LogP contribution in [-0.4, -0.2) is 75.8 Å². The first-order valence-electron chi connectivity index (χ1n) is 13.9. The van der Waals surface area contributed by atoms with Crippen LogP contribution >= 0.6 is 11.8 Å². The number of benzene rings is 2. The van der Waals surface area contributed by atoms with Crippen molar-refractivity contribution in [2.75, 3.05) is 31.9 Å². The molecular weight excluding hydrogens is 494 g/mol. The van der Waals surface area contributed by atoms with Crippen molar-refractivity contribution in [1.82, 2.24) is 25.3 Å². The maximum absolute atomic E-state index is 13.2. The predicted molar refractivity (Wildman–Crippen MR) is 154 cm³/mol. The Balaban J connectivity index is 1.00. The van der Waals surface area contributed by atoms with E-state index in [2.05, 4.69) is 51.6 Å². The van der Waals surface area contributed by atoms with Crippen LogP contribution in [0.4, 0.5) is 0 Å². The van der Waals surface area contributed by atoms with E-state index in [4.69, 9.17) is 0 Å². The highest BCUT2D eigenvalue weighted by Crippen LogP contribution is 2.25. The average molecular weight is 534 g/mol. The van der Waals surface area contributed by atoms with E-state index in [1.807, 2.05) is 41.8 Å². The first kappa shape index (κ1) is 26.8. The van der Waals surface area contributed by atoms with E-state index in [9.17, 15) is 9.59 Å². The Morgan fingerprint density at radius 2 is 1.74 bits per heavy atom. The fourth-order valence-corrected chi connectivity index (χ4v) is 6.59. The van der Waals surface area contributed by atoms with Gasteiger partial charge < -0.3 is 15.1 Å². The second-order valence-corrected chi connectivity index (χ2v) is 11.9. The molecule has 2 N–H and O–H groups in total. The third kappa shape index (κ3) is 6.41. The Hall–Kier alpha value is -2.84. The highest BCUT2D eigenvalue weighted by molar-refractivity contribution is 7.98. The van der Waals surface area contributed by atoms with Crippen molar-refractivity contribution in [2.45, 2.75) is 63.8 Å². The fourth-order valence-electron chi connectivity index (χ4n) is 5.68. The summed E-state index contributed by atoms with van der Waals surface area (Å²) in [5.74, 6) is 2.03. The smallest absolute Gasteiger partial charge is 0.272 e. The minimum Gasteiger partial charge on any atom is -0.353 e. The molecule has 2 saturated heterocycles. The van der Waals surface area contributed by atoms with Crippen LogP contribution in [0.25, 0.3) is 10.9 Å². The topological polar surface area (TPSA) is 81.3 Å². The second kappa shape index (κ2) is 12.3. The van der Waals surface area contributed by atoms with Gasteiger partial charge in [-0.05, 0) is 50.7 Å². The third-order valence-corrected chi connectivity index (χ3v) is 9.06. The van der Waals surface area contributed by atoms with Crippen molar-refractivity contribution in [1.29, 1.82) is 0 Å². The summed E-state index contributed by atoms with van der Waals surface area (Å²) in [5, 5.41) is 11.5. The third-order valence-electron chi connectivity index (χ3n) is 8.03. The number of carbonyl (C=O) groups excluding carboxylic acids is 2. The summed E-state index contributed by atoms with van der Waals surface area (Å²) >= 11 is 1.82. The molecule has 7 nitrogen and oxygen atoms in total. The lowest BCUT2D eigenvalue weighted by molar-refractivity contribution is -0.121. The summed E-state index contributed by atoms with van der Waals surface area (Å²) in [7, 11) is 0. The van der Waals surface area contributed by atoms with E-state index in [0.717, 1.165) is 79.8 Å². The first-order valence-corrected chi connectivity index (χ1v) is 15.0. The molecule has 0 atom stereocenters. The number of thioether (sulfide) groups is 1. The standard InChI is InChI=1S/C30H39N5O2S/c1-21-6-8-23(9-7-21)20-38-19-14-27(36)31-24-10-15-34(16-11-24)25-12-17-35(18-13-25)30(37)29-26-5-3-4-22(2)28(26)32-33-29/h3-9,24-25H,10-20H2,1-2H3,(H,31,36)(H,32,33). The molecule has 0 radical (unpaired) electrons. The number of amides is 2. The summed E-state index contributed by atoms with van der Waals surface area (Å²) in [4.78, 5) is 30.2. The van der Waals surface area contributed by atoms with E-state index >= 15 is 0 Å². The first-order chi connectivity index (χ1) is 18.5. The SMILES string of the molecule is Cc1ccc(CSCCC(=O)NC2CCN(C3CCN(C(=O)c4[nH]nc5c(C)cccc45)CC3)CC2)cc1. The van der Waals surface area contributed by atoms with Crippen LogP contribution in [0.1, 0.15) is 59.3 Å². The van der Waals surface area contributed by atoms with Crippen LogP contribution < -0.4 is 5.32 Å². The van der Waals surface area contributed by atoms with Gasteiger partial charge in [-0.1, -0.05) is 48.0 Å². The largest absolute Gasteiger partial charge is 0.353 e. The summed E-state index contributed by atoms with van der Waals surface area (Å²) in [6, 6.07) is 15.4. The maximum atomic E-state index is 13.2. The molecule has 5 rings (SSSR count). The number of rotatable bonds is 8. The van der Waals surface area contributed by atoms with Gasteiger partial charge in [0.1, 0.15) is 5.69 Å². The van der Waals surface area contributed by atoms with E-state index in [-0.39, 0.29) is 17.9 Å². The molecule has 0 saturated carbocycles. The zero-order valence-corrected chi connectivity index (χ0v) is 23.4. The molecule has 38 heavy (non-hydrogen) atoms. The van der Waals surface area contributed by atoms with Gasteiger partial charge in [0.15, 0.2) is 0 Å². The Bertz CT molecular complexity index is 1240. The van der Waals surface area contributed by atoms with E-state index in [0.29, 0.717) is 18.2 Å². The van der Waals surface area contributed by atoms with Crippen molar-refractivity contribution >= 4 is 34.5 Å². The second-order valence-electron chi connectivity index (χ2n) is 10.8. The van der Waals surface area contributed by atoms with Crippen molar-refractivity contribution in [3.63, 3.8) is 0 Å². The molecule has 0 unspecified atom stereocenters. The quantitative estimate of drug-likeness (QED) is 0.411. The van der Waals surface area contributed by atoms with Gasteiger partial charge in [-0.2, -0.15) is 16.9 Å². The number of para-hydroxylation sites is 1. The number of fused-ring (bicyclic) bond motifs is 1. The Kier molecular flexibility index (Phi) is 8.69. The molecule has 1 aromatic heterocycles. The zero-order chi connectivity index (χ0) is 26.5. The number of H-pyrrole nitrogens is 1. The number of hydrogen-bond donors (Lipinski definition) is 2. The van der Waals surface area contributed by atoms with Crippen molar-refractivity contribution in [3.8, 4) is 0 Å². The van der Waals surface area contributed by atoms with Crippen LogP contribution in [0.5, 0.6) is 0 Å². The normalized spacial score (nSPS) is 17.7. The van der Waals surface area contributed by atoms with Gasteiger partial charge in [0, 0.05) is 61.6 Å². The van der Waals surface area contributed by atoms with Crippen LogP contribution in [-0.2, 0) is 10.5 Å². The molecular formula is C30H39N5O2S. The number of aromatic amines is 1. The van der Waals surface area contributed by atoms with Crippen molar-refractivity contribution in [2.24, 2.45) is 0 Å². The molecule has 2 aliphatic heterocycles. The van der Waals surface area contributed by atoms with Gasteiger partial charge >= 0.3 is 0 Å². The number of carbonyl (C=O) groups is 2. The number of piperidine rings is 2. The number of aromatic nitrogens is 2. The van der Waals surface area contributed by atoms with Gasteiger partial charge in [0.25, 0.3) is 5.91 Å². The Morgan fingerprint density at radius 3 is 2.47 bits per heavy atom. The minimum atomic E-state index is 0.0509.